The molecule has 108 valence electrons. The van der Waals surface area contributed by atoms with Gasteiger partial charge in [0.1, 0.15) is 5.44 Å². The van der Waals surface area contributed by atoms with Gasteiger partial charge in [-0.05, 0) is 18.3 Å². The molecule has 18 heavy (non-hydrogen) atoms. The Kier molecular flexibility index (Phi) is 6.99. The van der Waals surface area contributed by atoms with Gasteiger partial charge in [-0.2, -0.15) is 0 Å². The molecule has 1 aliphatic carbocycles. The Morgan fingerprint density at radius 3 is 2.17 bits per heavy atom. The van der Waals surface area contributed by atoms with Crippen molar-refractivity contribution < 1.29 is 10.2 Å². The lowest BCUT2D eigenvalue weighted by atomic mass is 9.80. The molecule has 4 atom stereocenters. The summed E-state index contributed by atoms with van der Waals surface area (Å²) in [5.74, 6) is 0.560. The summed E-state index contributed by atoms with van der Waals surface area (Å²) in [6, 6.07) is -0.248. The van der Waals surface area contributed by atoms with E-state index in [1.165, 1.54) is 32.1 Å². The van der Waals surface area contributed by atoms with Crippen LogP contribution in [0.25, 0.3) is 0 Å². The van der Waals surface area contributed by atoms with Crippen LogP contribution < -0.4 is 5.73 Å². The van der Waals surface area contributed by atoms with Crippen molar-refractivity contribution >= 4 is 12.6 Å². The van der Waals surface area contributed by atoms with Crippen LogP contribution in [0.5, 0.6) is 0 Å². The van der Waals surface area contributed by atoms with Gasteiger partial charge in [-0.25, -0.2) is 0 Å². The summed E-state index contributed by atoms with van der Waals surface area (Å²) >= 11 is 4.07. The molecule has 1 aliphatic rings. The number of rotatable bonds is 6. The fraction of sp³-hybridized carbons (Fsp3) is 1.00. The van der Waals surface area contributed by atoms with Crippen LogP contribution in [0.15, 0.2) is 0 Å². The molecule has 0 aliphatic heterocycles. The SMILES string of the molecule is CC(C)C(C(O)S)C(O)C(N)CC1CCCCC1. The normalized spacial score (nSPS) is 24.8. The number of hydrogen-bond donors (Lipinski definition) is 4. The van der Waals surface area contributed by atoms with E-state index in [-0.39, 0.29) is 17.9 Å². The largest absolute Gasteiger partial charge is 0.391 e. The maximum absolute atomic E-state index is 10.3. The Morgan fingerprint density at radius 1 is 1.17 bits per heavy atom. The number of thiol groups is 1. The third-order valence-corrected chi connectivity index (χ3v) is 4.62. The predicted molar refractivity (Wildman–Crippen MR) is 78.5 cm³/mol. The van der Waals surface area contributed by atoms with Crippen molar-refractivity contribution in [3.8, 4) is 0 Å². The molecule has 0 spiro atoms. The Morgan fingerprint density at radius 2 is 1.72 bits per heavy atom. The first-order valence-electron chi connectivity index (χ1n) is 7.23. The lowest BCUT2D eigenvalue weighted by molar-refractivity contribution is 0.00648. The Bertz CT molecular complexity index is 222. The molecule has 0 heterocycles. The first-order valence-corrected chi connectivity index (χ1v) is 7.75. The molecule has 0 aromatic rings. The van der Waals surface area contributed by atoms with E-state index in [2.05, 4.69) is 12.6 Å². The predicted octanol–water partition coefficient (Wildman–Crippen LogP) is 2.17. The molecule has 3 nitrogen and oxygen atoms in total. The molecule has 0 bridgehead atoms. The smallest absolute Gasteiger partial charge is 0.102 e. The average molecular weight is 275 g/mol. The highest BCUT2D eigenvalue weighted by Gasteiger charge is 2.33. The topological polar surface area (TPSA) is 66.5 Å². The van der Waals surface area contributed by atoms with Gasteiger partial charge in [0.25, 0.3) is 0 Å². The van der Waals surface area contributed by atoms with Gasteiger partial charge in [-0.1, -0.05) is 46.0 Å². The van der Waals surface area contributed by atoms with Crippen LogP contribution in [-0.4, -0.2) is 27.8 Å². The van der Waals surface area contributed by atoms with Crippen molar-refractivity contribution in [2.24, 2.45) is 23.5 Å². The van der Waals surface area contributed by atoms with Gasteiger partial charge in [0, 0.05) is 12.0 Å². The molecular weight excluding hydrogens is 246 g/mol. The second-order valence-corrected chi connectivity index (χ2v) is 6.66. The molecular formula is C14H29NO2S. The molecule has 4 N–H and O–H groups in total. The summed E-state index contributed by atoms with van der Waals surface area (Å²) in [4.78, 5) is 0. The molecule has 0 aromatic carbocycles. The Balaban J connectivity index is 2.49. The summed E-state index contributed by atoms with van der Waals surface area (Å²) in [6.45, 7) is 3.97. The van der Waals surface area contributed by atoms with Crippen molar-refractivity contribution in [2.45, 2.75) is 70.0 Å². The molecule has 0 amide bonds. The van der Waals surface area contributed by atoms with Crippen molar-refractivity contribution in [3.63, 3.8) is 0 Å². The lowest BCUT2D eigenvalue weighted by Gasteiger charge is -2.34. The van der Waals surface area contributed by atoms with Crippen molar-refractivity contribution in [1.82, 2.24) is 0 Å². The van der Waals surface area contributed by atoms with E-state index in [4.69, 9.17) is 5.73 Å². The molecule has 1 saturated carbocycles. The minimum Gasteiger partial charge on any atom is -0.391 e. The van der Waals surface area contributed by atoms with Gasteiger partial charge in [-0.15, -0.1) is 12.6 Å². The fourth-order valence-corrected chi connectivity index (χ4v) is 3.67. The lowest BCUT2D eigenvalue weighted by Crippen LogP contribution is -2.46. The van der Waals surface area contributed by atoms with Gasteiger partial charge in [0.05, 0.1) is 6.10 Å². The Hall–Kier alpha value is 0.230. The summed E-state index contributed by atoms with van der Waals surface area (Å²) in [5.41, 5.74) is 5.32. The van der Waals surface area contributed by atoms with E-state index in [9.17, 15) is 10.2 Å². The van der Waals surface area contributed by atoms with E-state index < -0.39 is 11.5 Å². The number of nitrogens with two attached hydrogens (primary N) is 1. The summed E-state index contributed by atoms with van der Waals surface area (Å²) < 4.78 is 0. The second kappa shape index (κ2) is 7.73. The van der Waals surface area contributed by atoms with Gasteiger partial charge in [0.15, 0.2) is 0 Å². The molecule has 4 unspecified atom stereocenters. The fourth-order valence-electron chi connectivity index (χ4n) is 3.15. The van der Waals surface area contributed by atoms with Crippen LogP contribution in [0.2, 0.25) is 0 Å². The van der Waals surface area contributed by atoms with E-state index in [1.807, 2.05) is 13.8 Å². The third-order valence-electron chi connectivity index (χ3n) is 4.28. The molecule has 1 fully saturated rings. The number of hydrogen-bond acceptors (Lipinski definition) is 4. The van der Waals surface area contributed by atoms with E-state index in [0.717, 1.165) is 6.42 Å². The zero-order chi connectivity index (χ0) is 13.7. The summed E-state index contributed by atoms with van der Waals surface area (Å²) in [6.07, 6.45) is 6.57. The number of aliphatic hydroxyl groups excluding tert-OH is 2. The zero-order valence-corrected chi connectivity index (χ0v) is 12.5. The van der Waals surface area contributed by atoms with Crippen LogP contribution in [0.3, 0.4) is 0 Å². The van der Waals surface area contributed by atoms with Crippen LogP contribution in [-0.2, 0) is 0 Å². The van der Waals surface area contributed by atoms with Gasteiger partial charge in [-0.3, -0.25) is 0 Å². The van der Waals surface area contributed by atoms with E-state index in [0.29, 0.717) is 5.92 Å². The highest BCUT2D eigenvalue weighted by atomic mass is 32.1. The first kappa shape index (κ1) is 16.3. The molecule has 1 rings (SSSR count). The van der Waals surface area contributed by atoms with E-state index in [1.54, 1.807) is 0 Å². The standard InChI is InChI=1S/C14H29NO2S/c1-9(2)12(14(17)18)13(16)11(15)8-10-6-4-3-5-7-10/h9-14,16-18H,3-8,15H2,1-2H3. The molecule has 0 radical (unpaired) electrons. The van der Waals surface area contributed by atoms with Crippen LogP contribution in [0, 0.1) is 17.8 Å². The summed E-state index contributed by atoms with van der Waals surface area (Å²) in [7, 11) is 0. The number of aliphatic hydroxyl groups is 2. The minimum absolute atomic E-state index is 0.171. The van der Waals surface area contributed by atoms with Crippen molar-refractivity contribution in [1.29, 1.82) is 0 Å². The van der Waals surface area contributed by atoms with Crippen LogP contribution in [0.1, 0.15) is 52.4 Å². The quantitative estimate of drug-likeness (QED) is 0.444. The third kappa shape index (κ3) is 4.72. The molecule has 4 heteroatoms. The van der Waals surface area contributed by atoms with Gasteiger partial charge in [0.2, 0.25) is 0 Å². The second-order valence-electron chi connectivity index (χ2n) is 6.13. The maximum Gasteiger partial charge on any atom is 0.102 e. The Labute approximate surface area is 117 Å². The van der Waals surface area contributed by atoms with Crippen molar-refractivity contribution in [3.05, 3.63) is 0 Å². The first-order chi connectivity index (χ1) is 8.43. The van der Waals surface area contributed by atoms with Gasteiger partial charge >= 0.3 is 0 Å². The maximum atomic E-state index is 10.3. The molecule has 0 aromatic heterocycles. The summed E-state index contributed by atoms with van der Waals surface area (Å²) in [5, 5.41) is 20.0. The average Bonchev–Trinajstić information content (AvgIpc) is 2.29. The van der Waals surface area contributed by atoms with Gasteiger partial charge < -0.3 is 15.9 Å². The van der Waals surface area contributed by atoms with E-state index >= 15 is 0 Å². The zero-order valence-electron chi connectivity index (χ0n) is 11.6. The van der Waals surface area contributed by atoms with Crippen LogP contribution >= 0.6 is 12.6 Å². The highest BCUT2D eigenvalue weighted by molar-refractivity contribution is 7.80. The molecule has 0 saturated heterocycles. The monoisotopic (exact) mass is 275 g/mol. The van der Waals surface area contributed by atoms with Crippen molar-refractivity contribution in [2.75, 3.05) is 0 Å². The highest BCUT2D eigenvalue weighted by Crippen LogP contribution is 2.30. The minimum atomic E-state index is -0.808. The van der Waals surface area contributed by atoms with Crippen LogP contribution in [0.4, 0.5) is 0 Å².